The smallest absolute Gasteiger partial charge is 0.240 e. The van der Waals surface area contributed by atoms with Crippen LogP contribution in [-0.2, 0) is 20.8 Å². The van der Waals surface area contributed by atoms with E-state index >= 15 is 0 Å². The van der Waals surface area contributed by atoms with Crippen LogP contribution in [0, 0.1) is 5.92 Å². The summed E-state index contributed by atoms with van der Waals surface area (Å²) in [6.07, 6.45) is 5.05. The highest BCUT2D eigenvalue weighted by Crippen LogP contribution is 2.32. The Bertz CT molecular complexity index is 793. The number of amides is 3. The van der Waals surface area contributed by atoms with Gasteiger partial charge in [0.25, 0.3) is 0 Å². The molecule has 1 unspecified atom stereocenters. The van der Waals surface area contributed by atoms with E-state index in [0.29, 0.717) is 51.6 Å². The maximum atomic E-state index is 13.6. The second-order valence-corrected chi connectivity index (χ2v) is 9.40. The molecule has 0 N–H and O–H groups in total. The molecule has 174 valence electrons. The van der Waals surface area contributed by atoms with Crippen LogP contribution in [0.1, 0.15) is 38.2 Å². The topological polar surface area (TPSA) is 64.2 Å². The van der Waals surface area contributed by atoms with Gasteiger partial charge in [-0.2, -0.15) is 0 Å². The third-order valence-electron chi connectivity index (χ3n) is 7.39. The normalized spacial score (nSPS) is 21.6. The quantitative estimate of drug-likeness (QED) is 0.698. The molecule has 1 aromatic carbocycles. The van der Waals surface area contributed by atoms with Gasteiger partial charge < -0.3 is 14.7 Å². The van der Waals surface area contributed by atoms with Crippen LogP contribution < -0.4 is 0 Å². The minimum absolute atomic E-state index is 0.0840. The van der Waals surface area contributed by atoms with Gasteiger partial charge in [0.05, 0.1) is 12.5 Å². The Labute approximate surface area is 191 Å². The van der Waals surface area contributed by atoms with E-state index in [1.54, 1.807) is 6.92 Å². The van der Waals surface area contributed by atoms with E-state index < -0.39 is 0 Å². The lowest BCUT2D eigenvalue weighted by Crippen LogP contribution is -2.60. The van der Waals surface area contributed by atoms with E-state index in [4.69, 9.17) is 0 Å². The SMILES string of the molecule is CC(=O)N1CCN(C(=O)C(C2CCCC2)N2CCN(C(=O)Cc3ccccc3)CC2)CC1. The monoisotopic (exact) mass is 440 g/mol. The highest BCUT2D eigenvalue weighted by Gasteiger charge is 2.40. The van der Waals surface area contributed by atoms with Crippen LogP contribution in [0.15, 0.2) is 30.3 Å². The van der Waals surface area contributed by atoms with E-state index in [-0.39, 0.29) is 23.8 Å². The predicted octanol–water partition coefficient (Wildman–Crippen LogP) is 1.62. The third-order valence-corrected chi connectivity index (χ3v) is 7.39. The van der Waals surface area contributed by atoms with E-state index in [0.717, 1.165) is 31.5 Å². The molecule has 1 aliphatic carbocycles. The zero-order valence-electron chi connectivity index (χ0n) is 19.2. The maximum absolute atomic E-state index is 13.6. The van der Waals surface area contributed by atoms with Gasteiger partial charge in [-0.1, -0.05) is 43.2 Å². The number of hydrogen-bond acceptors (Lipinski definition) is 4. The van der Waals surface area contributed by atoms with Crippen molar-refractivity contribution < 1.29 is 14.4 Å². The fraction of sp³-hybridized carbons (Fsp3) is 0.640. The molecule has 2 saturated heterocycles. The molecule has 7 heteroatoms. The van der Waals surface area contributed by atoms with Gasteiger partial charge in [-0.3, -0.25) is 19.3 Å². The van der Waals surface area contributed by atoms with E-state index in [1.165, 1.54) is 12.8 Å². The van der Waals surface area contributed by atoms with Gasteiger partial charge in [0.1, 0.15) is 0 Å². The largest absolute Gasteiger partial charge is 0.340 e. The Morgan fingerprint density at radius 3 is 1.97 bits per heavy atom. The summed E-state index contributed by atoms with van der Waals surface area (Å²) in [6, 6.07) is 9.80. The van der Waals surface area contributed by atoms with Crippen molar-refractivity contribution in [2.24, 2.45) is 5.92 Å². The van der Waals surface area contributed by atoms with E-state index in [2.05, 4.69) is 4.90 Å². The molecular weight excluding hydrogens is 404 g/mol. The number of hydrogen-bond donors (Lipinski definition) is 0. The first-order chi connectivity index (χ1) is 15.5. The summed E-state index contributed by atoms with van der Waals surface area (Å²) in [7, 11) is 0. The van der Waals surface area contributed by atoms with Crippen molar-refractivity contribution in [2.75, 3.05) is 52.4 Å². The fourth-order valence-electron chi connectivity index (χ4n) is 5.49. The highest BCUT2D eigenvalue weighted by molar-refractivity contribution is 5.83. The van der Waals surface area contributed by atoms with Crippen LogP contribution in [-0.4, -0.2) is 95.7 Å². The van der Waals surface area contributed by atoms with Crippen LogP contribution in [0.5, 0.6) is 0 Å². The lowest BCUT2D eigenvalue weighted by molar-refractivity contribution is -0.145. The summed E-state index contributed by atoms with van der Waals surface area (Å²) in [6.45, 7) is 6.95. The Balaban J connectivity index is 1.36. The van der Waals surface area contributed by atoms with E-state index in [9.17, 15) is 14.4 Å². The Morgan fingerprint density at radius 2 is 1.38 bits per heavy atom. The molecule has 3 amide bonds. The lowest BCUT2D eigenvalue weighted by atomic mass is 9.94. The molecule has 2 aliphatic heterocycles. The third kappa shape index (κ3) is 5.31. The zero-order chi connectivity index (χ0) is 22.5. The Hall–Kier alpha value is -2.41. The maximum Gasteiger partial charge on any atom is 0.240 e. The van der Waals surface area contributed by atoms with Gasteiger partial charge in [0.15, 0.2) is 0 Å². The summed E-state index contributed by atoms with van der Waals surface area (Å²) in [5, 5.41) is 0. The summed E-state index contributed by atoms with van der Waals surface area (Å²) >= 11 is 0. The molecule has 0 aromatic heterocycles. The molecule has 7 nitrogen and oxygen atoms in total. The number of nitrogens with zero attached hydrogens (tertiary/aromatic N) is 4. The molecule has 4 rings (SSSR count). The van der Waals surface area contributed by atoms with Crippen LogP contribution in [0.4, 0.5) is 0 Å². The minimum Gasteiger partial charge on any atom is -0.340 e. The van der Waals surface area contributed by atoms with Gasteiger partial charge >= 0.3 is 0 Å². The van der Waals surface area contributed by atoms with Gasteiger partial charge in [-0.25, -0.2) is 0 Å². The molecule has 0 spiro atoms. The second-order valence-electron chi connectivity index (χ2n) is 9.40. The van der Waals surface area contributed by atoms with Gasteiger partial charge in [-0.15, -0.1) is 0 Å². The molecule has 1 saturated carbocycles. The lowest BCUT2D eigenvalue weighted by Gasteiger charge is -2.44. The first-order valence-corrected chi connectivity index (χ1v) is 12.1. The molecule has 0 radical (unpaired) electrons. The first kappa shape index (κ1) is 22.8. The van der Waals surface area contributed by atoms with Gasteiger partial charge in [-0.05, 0) is 24.3 Å². The summed E-state index contributed by atoms with van der Waals surface area (Å²) in [5.41, 5.74) is 1.05. The molecule has 2 heterocycles. The Morgan fingerprint density at radius 1 is 0.812 bits per heavy atom. The van der Waals surface area contributed by atoms with Crippen molar-refractivity contribution >= 4 is 17.7 Å². The van der Waals surface area contributed by atoms with Crippen molar-refractivity contribution in [1.82, 2.24) is 19.6 Å². The minimum atomic E-state index is -0.0900. The first-order valence-electron chi connectivity index (χ1n) is 12.1. The average molecular weight is 441 g/mol. The summed E-state index contributed by atoms with van der Waals surface area (Å²) in [4.78, 5) is 46.1. The fourth-order valence-corrected chi connectivity index (χ4v) is 5.49. The van der Waals surface area contributed by atoms with E-state index in [1.807, 2.05) is 45.0 Å². The summed E-state index contributed by atoms with van der Waals surface area (Å²) in [5.74, 6) is 0.879. The molecule has 1 aromatic rings. The number of carbonyl (C=O) groups excluding carboxylic acids is 3. The van der Waals surface area contributed by atoms with Crippen LogP contribution in [0.3, 0.4) is 0 Å². The van der Waals surface area contributed by atoms with Gasteiger partial charge in [0, 0.05) is 59.3 Å². The zero-order valence-corrected chi connectivity index (χ0v) is 19.2. The van der Waals surface area contributed by atoms with Crippen molar-refractivity contribution in [1.29, 1.82) is 0 Å². The van der Waals surface area contributed by atoms with Crippen LogP contribution >= 0.6 is 0 Å². The molecule has 3 aliphatic rings. The number of rotatable bonds is 5. The predicted molar refractivity (Wildman–Crippen MR) is 123 cm³/mol. The number of carbonyl (C=O) groups is 3. The van der Waals surface area contributed by atoms with Gasteiger partial charge in [0.2, 0.25) is 17.7 Å². The molecule has 1 atom stereocenters. The second kappa shape index (κ2) is 10.5. The van der Waals surface area contributed by atoms with Crippen molar-refractivity contribution in [3.05, 3.63) is 35.9 Å². The molecule has 3 fully saturated rings. The number of piperazine rings is 2. The Kier molecular flexibility index (Phi) is 7.45. The van der Waals surface area contributed by atoms with Crippen molar-refractivity contribution in [3.8, 4) is 0 Å². The summed E-state index contributed by atoms with van der Waals surface area (Å²) < 4.78 is 0. The van der Waals surface area contributed by atoms with Crippen LogP contribution in [0.2, 0.25) is 0 Å². The molecule has 32 heavy (non-hydrogen) atoms. The molecule has 0 bridgehead atoms. The standard InChI is InChI=1S/C25H36N4O3/c1-20(30)26-11-17-29(18-12-26)25(32)24(22-9-5-6-10-22)28-15-13-27(14-16-28)23(31)19-21-7-3-2-4-8-21/h2-4,7-8,22,24H,5-6,9-19H2,1H3. The molecular formula is C25H36N4O3. The van der Waals surface area contributed by atoms with Crippen molar-refractivity contribution in [3.63, 3.8) is 0 Å². The average Bonchev–Trinajstić information content (AvgIpc) is 3.34. The number of benzene rings is 1. The van der Waals surface area contributed by atoms with Crippen LogP contribution in [0.25, 0.3) is 0 Å². The highest BCUT2D eigenvalue weighted by atomic mass is 16.2. The van der Waals surface area contributed by atoms with Crippen molar-refractivity contribution in [2.45, 2.75) is 45.1 Å².